The fraction of sp³-hybridized carbons (Fsp3) is 0.800. The number of hydrogen-bond acceptors (Lipinski definition) is 1. The van der Waals surface area contributed by atoms with E-state index in [1.807, 2.05) is 0 Å². The van der Waals surface area contributed by atoms with Gasteiger partial charge in [-0.1, -0.05) is 0 Å². The molecule has 2 unspecified atom stereocenters. The SMILES string of the molecule is CN1C2C[CH-]CC1CC2.[CH2-]C.[Re]. The number of nitrogens with zero attached hydrogens (tertiary/aromatic N) is 1. The Morgan fingerprint density at radius 2 is 1.58 bits per heavy atom. The molecule has 2 aliphatic rings. The van der Waals surface area contributed by atoms with Crippen molar-refractivity contribution in [1.82, 2.24) is 4.90 Å². The van der Waals surface area contributed by atoms with Crippen LogP contribution in [0.1, 0.15) is 32.6 Å². The van der Waals surface area contributed by atoms with Gasteiger partial charge in [-0.3, -0.25) is 0 Å². The Kier molecular flexibility index (Phi) is 6.45. The molecule has 0 aliphatic carbocycles. The molecule has 12 heavy (non-hydrogen) atoms. The van der Waals surface area contributed by atoms with E-state index < -0.39 is 0 Å². The molecular weight excluding hydrogens is 320 g/mol. The molecular formula is C10H19NRe-2. The molecule has 2 fully saturated rings. The van der Waals surface area contributed by atoms with Crippen molar-refractivity contribution in [1.29, 1.82) is 0 Å². The van der Waals surface area contributed by atoms with Gasteiger partial charge in [0.2, 0.25) is 0 Å². The molecule has 2 saturated heterocycles. The van der Waals surface area contributed by atoms with Crippen molar-refractivity contribution in [2.45, 2.75) is 44.7 Å². The van der Waals surface area contributed by atoms with Gasteiger partial charge in [0.05, 0.1) is 0 Å². The number of hydrogen-bond donors (Lipinski definition) is 0. The molecule has 2 atom stereocenters. The van der Waals surface area contributed by atoms with Crippen molar-refractivity contribution in [3.8, 4) is 0 Å². The molecule has 73 valence electrons. The molecule has 0 N–H and O–H groups in total. The first-order valence-electron chi connectivity index (χ1n) is 4.62. The standard InChI is InChI=1S/C8H14N.C2H5.Re/c1-9-7-3-2-4-8(9)6-5-7;1-2;/h2,7-8H,3-6H2,1H3;1H2,2H3;/q2*-1;. The van der Waals surface area contributed by atoms with Crippen LogP contribution in [-0.2, 0) is 20.4 Å². The van der Waals surface area contributed by atoms with Gasteiger partial charge in [-0.25, -0.2) is 0 Å². The molecule has 0 aromatic rings. The molecule has 0 saturated carbocycles. The van der Waals surface area contributed by atoms with Crippen LogP contribution in [-0.4, -0.2) is 24.0 Å². The summed E-state index contributed by atoms with van der Waals surface area (Å²) in [7, 11) is 2.27. The zero-order valence-electron chi connectivity index (χ0n) is 8.09. The summed E-state index contributed by atoms with van der Waals surface area (Å²) in [6.07, 6.45) is 8.03. The molecule has 2 heteroatoms. The Bertz CT molecular complexity index is 100. The van der Waals surface area contributed by atoms with E-state index >= 15 is 0 Å². The minimum absolute atomic E-state index is 0. The predicted molar refractivity (Wildman–Crippen MR) is 49.1 cm³/mol. The normalized spacial score (nSPS) is 33.2. The first-order chi connectivity index (χ1) is 5.38. The largest absolute Gasteiger partial charge is 0.346 e. The predicted octanol–water partition coefficient (Wildman–Crippen LogP) is 2.29. The van der Waals surface area contributed by atoms with Gasteiger partial charge in [0.1, 0.15) is 0 Å². The summed E-state index contributed by atoms with van der Waals surface area (Å²) in [4.78, 5) is 2.56. The van der Waals surface area contributed by atoms with Gasteiger partial charge in [0.15, 0.2) is 0 Å². The fourth-order valence-corrected chi connectivity index (χ4v) is 2.14. The van der Waals surface area contributed by atoms with Crippen molar-refractivity contribution < 1.29 is 20.4 Å². The van der Waals surface area contributed by atoms with Crippen LogP contribution >= 0.6 is 0 Å². The topological polar surface area (TPSA) is 3.24 Å². The molecule has 0 aromatic heterocycles. The third-order valence-corrected chi connectivity index (χ3v) is 2.86. The van der Waals surface area contributed by atoms with Gasteiger partial charge in [-0.15, -0.1) is 0 Å². The van der Waals surface area contributed by atoms with E-state index in [0.29, 0.717) is 0 Å². The van der Waals surface area contributed by atoms with E-state index in [4.69, 9.17) is 0 Å². The summed E-state index contributed by atoms with van der Waals surface area (Å²) < 4.78 is 0. The summed E-state index contributed by atoms with van der Waals surface area (Å²) in [6, 6.07) is 1.81. The second-order valence-corrected chi connectivity index (χ2v) is 3.31. The van der Waals surface area contributed by atoms with Crippen LogP contribution in [0.4, 0.5) is 0 Å². The Morgan fingerprint density at radius 3 is 1.92 bits per heavy atom. The zero-order chi connectivity index (χ0) is 8.27. The first kappa shape index (κ1) is 12.6. The van der Waals surface area contributed by atoms with E-state index in [0.717, 1.165) is 12.1 Å². The van der Waals surface area contributed by atoms with Gasteiger partial charge in [0.25, 0.3) is 0 Å². The zero-order valence-corrected chi connectivity index (χ0v) is 10.8. The Morgan fingerprint density at radius 1 is 1.17 bits per heavy atom. The Balaban J connectivity index is 0.000000378. The third kappa shape index (κ3) is 2.55. The number of fused-ring (bicyclic) bond motifs is 2. The minimum Gasteiger partial charge on any atom is -0.346 e. The van der Waals surface area contributed by atoms with Crippen LogP contribution in [0, 0.1) is 13.3 Å². The molecule has 0 aromatic carbocycles. The molecule has 0 amide bonds. The van der Waals surface area contributed by atoms with E-state index in [-0.39, 0.29) is 20.4 Å². The number of rotatable bonds is 0. The summed E-state index contributed by atoms with van der Waals surface area (Å²) >= 11 is 0. The second kappa shape index (κ2) is 6.13. The minimum atomic E-state index is 0. The Hall–Kier alpha value is 0.622. The van der Waals surface area contributed by atoms with Gasteiger partial charge in [-0.2, -0.15) is 19.8 Å². The Labute approximate surface area is 90.6 Å². The average Bonchev–Trinajstić information content (AvgIpc) is 2.30. The van der Waals surface area contributed by atoms with Crippen molar-refractivity contribution in [2.24, 2.45) is 0 Å². The van der Waals surface area contributed by atoms with Crippen LogP contribution in [0.25, 0.3) is 0 Å². The summed E-state index contributed by atoms with van der Waals surface area (Å²) in [5.74, 6) is 0. The molecule has 0 spiro atoms. The third-order valence-electron chi connectivity index (χ3n) is 2.86. The average molecular weight is 339 g/mol. The second-order valence-electron chi connectivity index (χ2n) is 3.31. The van der Waals surface area contributed by atoms with Crippen molar-refractivity contribution in [3.63, 3.8) is 0 Å². The van der Waals surface area contributed by atoms with E-state index in [9.17, 15) is 0 Å². The fourth-order valence-electron chi connectivity index (χ4n) is 2.14. The monoisotopic (exact) mass is 340 g/mol. The van der Waals surface area contributed by atoms with Crippen LogP contribution in [0.2, 0.25) is 0 Å². The summed E-state index contributed by atoms with van der Waals surface area (Å²) in [5.41, 5.74) is 0. The van der Waals surface area contributed by atoms with Crippen molar-refractivity contribution in [3.05, 3.63) is 13.3 Å². The number of piperidine rings is 1. The van der Waals surface area contributed by atoms with E-state index in [1.54, 1.807) is 6.92 Å². The maximum absolute atomic E-state index is 3.25. The molecule has 2 heterocycles. The van der Waals surface area contributed by atoms with Crippen LogP contribution in [0.15, 0.2) is 0 Å². The van der Waals surface area contributed by atoms with Crippen molar-refractivity contribution >= 4 is 0 Å². The molecule has 2 bridgehead atoms. The molecule has 1 radical (unpaired) electrons. The van der Waals surface area contributed by atoms with Crippen LogP contribution < -0.4 is 0 Å². The smallest absolute Gasteiger partial charge is 0 e. The summed E-state index contributed by atoms with van der Waals surface area (Å²) in [6.45, 7) is 5.00. The van der Waals surface area contributed by atoms with Gasteiger partial charge < -0.3 is 18.2 Å². The molecule has 1 nitrogen and oxygen atoms in total. The van der Waals surface area contributed by atoms with Gasteiger partial charge in [0, 0.05) is 20.4 Å². The van der Waals surface area contributed by atoms with Crippen LogP contribution in [0.3, 0.4) is 0 Å². The van der Waals surface area contributed by atoms with E-state index in [2.05, 4.69) is 25.3 Å². The quantitative estimate of drug-likeness (QED) is 0.612. The first-order valence-corrected chi connectivity index (χ1v) is 4.62. The van der Waals surface area contributed by atoms with Gasteiger partial charge in [-0.05, 0) is 32.0 Å². The molecule has 2 rings (SSSR count). The van der Waals surface area contributed by atoms with E-state index in [1.165, 1.54) is 25.7 Å². The van der Waals surface area contributed by atoms with Gasteiger partial charge >= 0.3 is 0 Å². The summed E-state index contributed by atoms with van der Waals surface area (Å²) in [5, 5.41) is 0. The van der Waals surface area contributed by atoms with Crippen molar-refractivity contribution in [2.75, 3.05) is 7.05 Å². The maximum Gasteiger partial charge on any atom is 0 e. The molecule has 2 aliphatic heterocycles. The maximum atomic E-state index is 3.25. The van der Waals surface area contributed by atoms with Crippen LogP contribution in [0.5, 0.6) is 0 Å².